The lowest BCUT2D eigenvalue weighted by Crippen LogP contribution is -2.23. The highest BCUT2D eigenvalue weighted by atomic mass is 16.4. The molecule has 1 aliphatic carbocycles. The molecule has 6 nitrogen and oxygen atoms in total. The van der Waals surface area contributed by atoms with Gasteiger partial charge in [0, 0.05) is 5.92 Å². The first-order valence-electron chi connectivity index (χ1n) is 14.2. The lowest BCUT2D eigenvalue weighted by atomic mass is 9.72. The number of carbonyl (C=O) groups is 2. The van der Waals surface area contributed by atoms with Crippen LogP contribution in [0.15, 0.2) is 30.3 Å². The Morgan fingerprint density at radius 1 is 0.795 bits per heavy atom. The van der Waals surface area contributed by atoms with Crippen LogP contribution in [0.4, 0.5) is 0 Å². The van der Waals surface area contributed by atoms with Crippen molar-refractivity contribution in [3.63, 3.8) is 0 Å². The molecule has 2 N–H and O–H groups in total. The molecule has 0 amide bonds. The summed E-state index contributed by atoms with van der Waals surface area (Å²) < 4.78 is 0. The Labute approximate surface area is 235 Å². The van der Waals surface area contributed by atoms with Gasteiger partial charge in [-0.25, -0.2) is 9.59 Å². The van der Waals surface area contributed by atoms with Crippen LogP contribution in [-0.2, 0) is 6.42 Å². The average Bonchev–Trinajstić information content (AvgIpc) is 3.10. The molecule has 39 heavy (non-hydrogen) atoms. The SMILES string of the molecule is CN(C)CCCC(C)(C)Cc1c(C(=O)O)ccc2c1C(CC(C)(C)CCCN(C)C)c1cc(C(=O)O)ccc1-2. The van der Waals surface area contributed by atoms with Gasteiger partial charge in [-0.2, -0.15) is 0 Å². The zero-order valence-corrected chi connectivity index (χ0v) is 25.2. The summed E-state index contributed by atoms with van der Waals surface area (Å²) >= 11 is 0. The number of benzene rings is 2. The van der Waals surface area contributed by atoms with Gasteiger partial charge in [0.2, 0.25) is 0 Å². The first-order chi connectivity index (χ1) is 18.1. The van der Waals surface area contributed by atoms with Crippen LogP contribution in [-0.4, -0.2) is 73.2 Å². The minimum atomic E-state index is -0.939. The van der Waals surface area contributed by atoms with Crippen LogP contribution in [0.25, 0.3) is 11.1 Å². The van der Waals surface area contributed by atoms with Gasteiger partial charge in [0.05, 0.1) is 11.1 Å². The maximum atomic E-state index is 12.5. The number of fused-ring (bicyclic) bond motifs is 3. The van der Waals surface area contributed by atoms with Gasteiger partial charge in [0.1, 0.15) is 0 Å². The first-order valence-corrected chi connectivity index (χ1v) is 14.2. The van der Waals surface area contributed by atoms with Crippen LogP contribution in [0.1, 0.15) is 103 Å². The third-order valence-corrected chi connectivity index (χ3v) is 8.23. The number of carboxylic acid groups (broad SMARTS) is 2. The van der Waals surface area contributed by atoms with Crippen LogP contribution in [0.5, 0.6) is 0 Å². The van der Waals surface area contributed by atoms with Gasteiger partial charge in [0.25, 0.3) is 0 Å². The van der Waals surface area contributed by atoms with E-state index in [1.54, 1.807) is 12.1 Å². The van der Waals surface area contributed by atoms with E-state index in [2.05, 4.69) is 65.7 Å². The Hall–Kier alpha value is -2.70. The van der Waals surface area contributed by atoms with Crippen molar-refractivity contribution in [1.29, 1.82) is 0 Å². The maximum Gasteiger partial charge on any atom is 0.335 e. The quantitative estimate of drug-likeness (QED) is 0.274. The van der Waals surface area contributed by atoms with E-state index in [9.17, 15) is 19.8 Å². The summed E-state index contributed by atoms with van der Waals surface area (Å²) in [7, 11) is 8.33. The average molecular weight is 537 g/mol. The third-order valence-electron chi connectivity index (χ3n) is 8.23. The molecule has 0 aromatic heterocycles. The molecule has 0 bridgehead atoms. The van der Waals surface area contributed by atoms with E-state index in [4.69, 9.17) is 0 Å². The molecule has 1 atom stereocenters. The Kier molecular flexibility index (Phi) is 9.66. The standard InChI is InChI=1S/C33H48N2O4/c1-32(2,15-9-17-34(5)6)20-27-25(31(38)39)14-13-24-23-12-11-22(30(36)37)19-26(23)28(29(24)27)21-33(3,4)16-10-18-35(7)8/h11-14,19,28H,9-10,15-18,20-21H2,1-8H3,(H,36,37)(H,38,39). The van der Waals surface area contributed by atoms with Crippen molar-refractivity contribution in [2.24, 2.45) is 10.8 Å². The molecule has 214 valence electrons. The summed E-state index contributed by atoms with van der Waals surface area (Å²) in [5, 5.41) is 20.1. The van der Waals surface area contributed by atoms with E-state index in [0.29, 0.717) is 12.0 Å². The summed E-state index contributed by atoms with van der Waals surface area (Å²) in [6.45, 7) is 11.0. The molecule has 0 aliphatic heterocycles. The fourth-order valence-corrected chi connectivity index (χ4v) is 6.25. The fourth-order valence-electron chi connectivity index (χ4n) is 6.25. The van der Waals surface area contributed by atoms with Crippen molar-refractivity contribution < 1.29 is 19.8 Å². The van der Waals surface area contributed by atoms with E-state index in [0.717, 1.165) is 73.0 Å². The van der Waals surface area contributed by atoms with Crippen LogP contribution in [0.3, 0.4) is 0 Å². The van der Waals surface area contributed by atoms with E-state index in [1.165, 1.54) is 0 Å². The van der Waals surface area contributed by atoms with Crippen LogP contribution in [0, 0.1) is 10.8 Å². The number of nitrogens with zero attached hydrogens (tertiary/aromatic N) is 2. The molecule has 0 saturated heterocycles. The van der Waals surface area contributed by atoms with Gasteiger partial charge >= 0.3 is 11.9 Å². The molecule has 2 aromatic rings. The molecule has 0 radical (unpaired) electrons. The highest BCUT2D eigenvalue weighted by Gasteiger charge is 2.38. The van der Waals surface area contributed by atoms with Gasteiger partial charge in [-0.15, -0.1) is 0 Å². The fraction of sp³-hybridized carbons (Fsp3) is 0.576. The molecular formula is C33H48N2O4. The molecule has 2 aromatic carbocycles. The lowest BCUT2D eigenvalue weighted by Gasteiger charge is -2.32. The second kappa shape index (κ2) is 12.2. The largest absolute Gasteiger partial charge is 0.478 e. The molecule has 0 heterocycles. The summed E-state index contributed by atoms with van der Waals surface area (Å²) in [4.78, 5) is 28.9. The normalized spacial score (nSPS) is 15.1. The number of aromatic carboxylic acids is 2. The van der Waals surface area contributed by atoms with E-state index in [1.807, 2.05) is 18.2 Å². The Morgan fingerprint density at radius 2 is 1.36 bits per heavy atom. The summed E-state index contributed by atoms with van der Waals surface area (Å²) in [6, 6.07) is 9.12. The smallest absolute Gasteiger partial charge is 0.335 e. The van der Waals surface area contributed by atoms with Crippen LogP contribution in [0.2, 0.25) is 0 Å². The topological polar surface area (TPSA) is 81.1 Å². The number of hydrogen-bond donors (Lipinski definition) is 2. The number of carboxylic acids is 2. The van der Waals surface area contributed by atoms with Gasteiger partial charge in [-0.05, 0) is 137 Å². The second-order valence-electron chi connectivity index (χ2n) is 13.5. The predicted octanol–water partition coefficient (Wildman–Crippen LogP) is 6.86. The van der Waals surface area contributed by atoms with E-state index >= 15 is 0 Å². The molecule has 3 rings (SSSR count). The molecule has 6 heteroatoms. The Bertz CT molecular complexity index is 1200. The van der Waals surface area contributed by atoms with Gasteiger partial charge in [-0.1, -0.05) is 39.8 Å². The predicted molar refractivity (Wildman–Crippen MR) is 159 cm³/mol. The Morgan fingerprint density at radius 3 is 1.90 bits per heavy atom. The molecule has 1 aliphatic rings. The molecule has 0 spiro atoms. The van der Waals surface area contributed by atoms with Gasteiger partial charge < -0.3 is 20.0 Å². The van der Waals surface area contributed by atoms with E-state index < -0.39 is 11.9 Å². The molecular weight excluding hydrogens is 488 g/mol. The van der Waals surface area contributed by atoms with Crippen molar-refractivity contribution >= 4 is 11.9 Å². The zero-order chi connectivity index (χ0) is 29.1. The molecule has 0 fully saturated rings. The monoisotopic (exact) mass is 536 g/mol. The Balaban J connectivity index is 2.12. The lowest BCUT2D eigenvalue weighted by molar-refractivity contribution is 0.0685. The molecule has 0 saturated carbocycles. The van der Waals surface area contributed by atoms with Crippen molar-refractivity contribution in [3.05, 3.63) is 58.1 Å². The van der Waals surface area contributed by atoms with Crippen LogP contribution >= 0.6 is 0 Å². The van der Waals surface area contributed by atoms with Gasteiger partial charge in [-0.3, -0.25) is 0 Å². The van der Waals surface area contributed by atoms with Crippen molar-refractivity contribution in [2.45, 2.75) is 72.1 Å². The minimum Gasteiger partial charge on any atom is -0.478 e. The van der Waals surface area contributed by atoms with Gasteiger partial charge in [0.15, 0.2) is 0 Å². The highest BCUT2D eigenvalue weighted by Crippen LogP contribution is 2.53. The zero-order valence-electron chi connectivity index (χ0n) is 25.2. The minimum absolute atomic E-state index is 0.00346. The first kappa shape index (κ1) is 30.8. The second-order valence-corrected chi connectivity index (χ2v) is 13.5. The summed E-state index contributed by atoms with van der Waals surface area (Å²) in [6.07, 6.45) is 5.65. The maximum absolute atomic E-state index is 12.5. The van der Waals surface area contributed by atoms with Crippen molar-refractivity contribution in [3.8, 4) is 11.1 Å². The van der Waals surface area contributed by atoms with Crippen LogP contribution < -0.4 is 0 Å². The van der Waals surface area contributed by atoms with E-state index in [-0.39, 0.29) is 22.3 Å². The van der Waals surface area contributed by atoms with Crippen molar-refractivity contribution in [2.75, 3.05) is 41.3 Å². The number of rotatable bonds is 14. The number of hydrogen-bond acceptors (Lipinski definition) is 4. The molecule has 1 unspecified atom stereocenters. The summed E-state index contributed by atoms with van der Waals surface area (Å²) in [5.74, 6) is -1.88. The summed E-state index contributed by atoms with van der Waals surface area (Å²) in [5.41, 5.74) is 5.68. The highest BCUT2D eigenvalue weighted by molar-refractivity contribution is 5.94. The van der Waals surface area contributed by atoms with Crippen molar-refractivity contribution in [1.82, 2.24) is 9.80 Å². The third kappa shape index (κ3) is 7.70.